The third-order valence-electron chi connectivity index (χ3n) is 4.43. The molecule has 27 heavy (non-hydrogen) atoms. The van der Waals surface area contributed by atoms with E-state index in [1.54, 1.807) is 17.4 Å². The van der Waals surface area contributed by atoms with Crippen LogP contribution < -0.4 is 16.6 Å². The van der Waals surface area contributed by atoms with E-state index in [1.165, 1.54) is 4.68 Å². The molecule has 4 aromatic rings. The fourth-order valence-corrected chi connectivity index (χ4v) is 3.97. The molecule has 0 saturated heterocycles. The van der Waals surface area contributed by atoms with Crippen molar-refractivity contribution >= 4 is 38.7 Å². The van der Waals surface area contributed by atoms with Crippen LogP contribution in [0.3, 0.4) is 0 Å². The monoisotopic (exact) mass is 381 g/mol. The number of aryl methyl sites for hydroxylation is 1. The van der Waals surface area contributed by atoms with E-state index < -0.39 is 0 Å². The lowest BCUT2D eigenvalue weighted by Gasteiger charge is -2.11. The molecule has 0 aliphatic carbocycles. The highest BCUT2D eigenvalue weighted by atomic mass is 32.1. The first-order valence-corrected chi connectivity index (χ1v) is 9.56. The van der Waals surface area contributed by atoms with Gasteiger partial charge in [0.1, 0.15) is 17.9 Å². The second-order valence-electron chi connectivity index (χ2n) is 6.22. The molecule has 0 unspecified atom stereocenters. The zero-order valence-corrected chi connectivity index (χ0v) is 15.6. The van der Waals surface area contributed by atoms with Gasteiger partial charge in [-0.1, -0.05) is 19.1 Å². The predicted octanol–water partition coefficient (Wildman–Crippen LogP) is 2.37. The fourth-order valence-electron chi connectivity index (χ4n) is 3.17. The Kier molecular flexibility index (Phi) is 4.51. The Morgan fingerprint density at radius 3 is 2.89 bits per heavy atom. The van der Waals surface area contributed by atoms with Crippen LogP contribution in [-0.2, 0) is 24.3 Å². The van der Waals surface area contributed by atoms with Crippen LogP contribution in [0.1, 0.15) is 18.3 Å². The summed E-state index contributed by atoms with van der Waals surface area (Å²) in [6.45, 7) is 2.23. The van der Waals surface area contributed by atoms with Crippen LogP contribution in [-0.4, -0.2) is 20.1 Å². The molecule has 0 fully saturated rings. The molecule has 0 atom stereocenters. The molecule has 1 aromatic carbocycles. The van der Waals surface area contributed by atoms with Gasteiger partial charge in [-0.3, -0.25) is 14.0 Å². The number of amides is 1. The molecule has 1 amide bonds. The number of hydrogen-bond donors (Lipinski definition) is 2. The number of nitrogens with one attached hydrogen (secondary N) is 1. The summed E-state index contributed by atoms with van der Waals surface area (Å²) in [5, 5.41) is 9.22. The summed E-state index contributed by atoms with van der Waals surface area (Å²) >= 11 is 1.58. The highest BCUT2D eigenvalue weighted by Crippen LogP contribution is 2.24. The van der Waals surface area contributed by atoms with Gasteiger partial charge in [-0.2, -0.15) is 5.10 Å². The smallest absolute Gasteiger partial charge is 0.291 e. The van der Waals surface area contributed by atoms with Crippen LogP contribution in [0.25, 0.3) is 15.7 Å². The molecule has 0 aliphatic heterocycles. The lowest BCUT2D eigenvalue weighted by molar-refractivity contribution is -0.117. The van der Waals surface area contributed by atoms with Gasteiger partial charge >= 0.3 is 0 Å². The van der Waals surface area contributed by atoms with Gasteiger partial charge < -0.3 is 11.1 Å². The molecular formula is C19H19N5O2S. The summed E-state index contributed by atoms with van der Waals surface area (Å²) < 4.78 is 4.15. The van der Waals surface area contributed by atoms with Crippen LogP contribution in [0, 0.1) is 0 Å². The van der Waals surface area contributed by atoms with Crippen LogP contribution in [0.2, 0.25) is 0 Å². The van der Waals surface area contributed by atoms with Crippen molar-refractivity contribution in [2.75, 3.05) is 5.32 Å². The molecule has 7 nitrogen and oxygen atoms in total. The normalized spacial score (nSPS) is 11.3. The Labute approximate surface area is 159 Å². The third-order valence-corrected chi connectivity index (χ3v) is 5.28. The van der Waals surface area contributed by atoms with Crippen molar-refractivity contribution in [1.29, 1.82) is 0 Å². The number of hydrogen-bond acceptors (Lipinski definition) is 5. The number of benzene rings is 1. The Morgan fingerprint density at radius 1 is 1.26 bits per heavy atom. The maximum Gasteiger partial charge on any atom is 0.291 e. The van der Waals surface area contributed by atoms with Crippen LogP contribution in [0.4, 0.5) is 5.69 Å². The maximum absolute atomic E-state index is 12.8. The van der Waals surface area contributed by atoms with Crippen molar-refractivity contribution in [2.24, 2.45) is 5.73 Å². The Bertz CT molecular complexity index is 1200. The highest BCUT2D eigenvalue weighted by Gasteiger charge is 2.16. The SMILES string of the molecule is CCc1nn(CC(=O)Nc2cccc(CN)c2)c(=O)c2cc3sccc3n12. The summed E-state index contributed by atoms with van der Waals surface area (Å²) in [6, 6.07) is 11.2. The average Bonchev–Trinajstić information content (AvgIpc) is 3.26. The van der Waals surface area contributed by atoms with Crippen LogP contribution in [0.5, 0.6) is 0 Å². The van der Waals surface area contributed by atoms with E-state index in [4.69, 9.17) is 5.73 Å². The lowest BCUT2D eigenvalue weighted by atomic mass is 10.2. The van der Waals surface area contributed by atoms with E-state index >= 15 is 0 Å². The van der Waals surface area contributed by atoms with Crippen molar-refractivity contribution in [1.82, 2.24) is 14.2 Å². The van der Waals surface area contributed by atoms with E-state index in [1.807, 2.05) is 47.0 Å². The molecule has 0 spiro atoms. The Balaban J connectivity index is 1.68. The van der Waals surface area contributed by atoms with Crippen molar-refractivity contribution in [3.8, 4) is 0 Å². The maximum atomic E-state index is 12.8. The summed E-state index contributed by atoms with van der Waals surface area (Å²) in [5.74, 6) is 0.439. The molecule has 4 rings (SSSR count). The first-order valence-electron chi connectivity index (χ1n) is 8.68. The van der Waals surface area contributed by atoms with Gasteiger partial charge in [0.2, 0.25) is 5.91 Å². The van der Waals surface area contributed by atoms with E-state index in [2.05, 4.69) is 10.4 Å². The molecule has 3 heterocycles. The second kappa shape index (κ2) is 6.98. The third kappa shape index (κ3) is 3.13. The standard InChI is InChI=1S/C19H19N5O2S/c1-2-17-22-23(11-18(25)21-13-5-3-4-12(8-13)10-20)19(26)15-9-16-14(24(15)17)6-7-27-16/h3-9H,2,10-11,20H2,1H3,(H,21,25). The Morgan fingerprint density at radius 2 is 2.11 bits per heavy atom. The largest absolute Gasteiger partial charge is 0.326 e. The molecule has 0 aliphatic rings. The van der Waals surface area contributed by atoms with Crippen LogP contribution >= 0.6 is 11.3 Å². The molecular weight excluding hydrogens is 362 g/mol. The number of anilines is 1. The number of carbonyl (C=O) groups is 1. The number of nitrogens with two attached hydrogens (primary N) is 1. The summed E-state index contributed by atoms with van der Waals surface area (Å²) in [4.78, 5) is 25.3. The molecule has 8 heteroatoms. The van der Waals surface area contributed by atoms with Gasteiger partial charge in [-0.15, -0.1) is 11.3 Å². The zero-order valence-electron chi connectivity index (χ0n) is 14.8. The van der Waals surface area contributed by atoms with Gasteiger partial charge in [0.05, 0.1) is 10.2 Å². The quantitative estimate of drug-likeness (QED) is 0.555. The molecule has 3 aromatic heterocycles. The lowest BCUT2D eigenvalue weighted by Crippen LogP contribution is -2.32. The average molecular weight is 381 g/mol. The molecule has 0 radical (unpaired) electrons. The zero-order chi connectivity index (χ0) is 19.0. The fraction of sp³-hybridized carbons (Fsp3) is 0.211. The van der Waals surface area contributed by atoms with Gasteiger partial charge in [-0.25, -0.2) is 4.68 Å². The topological polar surface area (TPSA) is 94.4 Å². The molecule has 138 valence electrons. The molecule has 3 N–H and O–H groups in total. The highest BCUT2D eigenvalue weighted by molar-refractivity contribution is 7.17. The van der Waals surface area contributed by atoms with Crippen molar-refractivity contribution < 1.29 is 4.79 Å². The van der Waals surface area contributed by atoms with E-state index in [0.717, 1.165) is 21.6 Å². The summed E-state index contributed by atoms with van der Waals surface area (Å²) in [5.41, 5.74) is 8.45. The summed E-state index contributed by atoms with van der Waals surface area (Å²) in [6.07, 6.45) is 0.649. The van der Waals surface area contributed by atoms with Gasteiger partial charge in [-0.05, 0) is 35.2 Å². The molecule has 0 bridgehead atoms. The number of nitrogens with zero attached hydrogens (tertiary/aromatic N) is 3. The number of rotatable bonds is 5. The number of aromatic nitrogens is 3. The summed E-state index contributed by atoms with van der Waals surface area (Å²) in [7, 11) is 0. The van der Waals surface area contributed by atoms with E-state index in [0.29, 0.717) is 24.2 Å². The number of carbonyl (C=O) groups excluding carboxylic acids is 1. The minimum atomic E-state index is -0.307. The number of thiophene rings is 1. The first-order chi connectivity index (χ1) is 13.1. The van der Waals surface area contributed by atoms with E-state index in [-0.39, 0.29) is 18.0 Å². The first kappa shape index (κ1) is 17.4. The minimum Gasteiger partial charge on any atom is -0.326 e. The minimum absolute atomic E-state index is 0.145. The second-order valence-corrected chi connectivity index (χ2v) is 7.17. The van der Waals surface area contributed by atoms with Crippen LogP contribution in [0.15, 0.2) is 46.6 Å². The van der Waals surface area contributed by atoms with Crippen molar-refractivity contribution in [3.05, 3.63) is 63.5 Å². The van der Waals surface area contributed by atoms with Gasteiger partial charge in [0.25, 0.3) is 5.56 Å². The van der Waals surface area contributed by atoms with Gasteiger partial charge in [0.15, 0.2) is 0 Å². The van der Waals surface area contributed by atoms with Crippen molar-refractivity contribution in [3.63, 3.8) is 0 Å². The Hall–Kier alpha value is -2.97. The van der Waals surface area contributed by atoms with Crippen molar-refractivity contribution in [2.45, 2.75) is 26.4 Å². The molecule has 0 saturated carbocycles. The van der Waals surface area contributed by atoms with Gasteiger partial charge in [0, 0.05) is 18.7 Å². The number of fused-ring (bicyclic) bond motifs is 3. The predicted molar refractivity (Wildman–Crippen MR) is 107 cm³/mol. The van der Waals surface area contributed by atoms with E-state index in [9.17, 15) is 9.59 Å².